The first-order chi connectivity index (χ1) is 15.5. The highest BCUT2D eigenvalue weighted by Crippen LogP contribution is 2.30. The second kappa shape index (κ2) is 9.63. The molecule has 0 bridgehead atoms. The molecule has 4 rings (SSSR count). The Bertz CT molecular complexity index is 1200. The van der Waals surface area contributed by atoms with Crippen molar-refractivity contribution < 1.29 is 18.7 Å². The lowest BCUT2D eigenvalue weighted by atomic mass is 10.0. The van der Waals surface area contributed by atoms with E-state index in [2.05, 4.69) is 10.2 Å². The van der Waals surface area contributed by atoms with E-state index in [9.17, 15) is 9.59 Å². The molecule has 1 aliphatic heterocycles. The highest BCUT2D eigenvalue weighted by molar-refractivity contribution is 6.31. The minimum Gasteiger partial charge on any atom is -0.497 e. The number of carbonyl (C=O) groups is 1. The van der Waals surface area contributed by atoms with E-state index in [1.165, 1.54) is 0 Å². The van der Waals surface area contributed by atoms with Crippen molar-refractivity contribution in [1.82, 2.24) is 0 Å². The van der Waals surface area contributed by atoms with Gasteiger partial charge in [-0.3, -0.25) is 4.79 Å². The number of rotatable bonds is 6. The second-order valence-electron chi connectivity index (χ2n) is 7.66. The molecule has 0 radical (unpaired) electrons. The summed E-state index contributed by atoms with van der Waals surface area (Å²) in [6, 6.07) is 10.8. The fraction of sp³-hybridized carbons (Fsp3) is 0.333. The third kappa shape index (κ3) is 4.74. The van der Waals surface area contributed by atoms with Gasteiger partial charge >= 0.3 is 5.63 Å². The monoisotopic (exact) mass is 456 g/mol. The first-order valence-corrected chi connectivity index (χ1v) is 10.9. The van der Waals surface area contributed by atoms with E-state index in [1.54, 1.807) is 25.3 Å². The van der Waals surface area contributed by atoms with Gasteiger partial charge in [-0.25, -0.2) is 4.79 Å². The van der Waals surface area contributed by atoms with Crippen LogP contribution in [0.4, 0.5) is 11.4 Å². The van der Waals surface area contributed by atoms with Crippen molar-refractivity contribution in [2.24, 2.45) is 0 Å². The summed E-state index contributed by atoms with van der Waals surface area (Å²) in [6.07, 6.45) is 0.414. The second-order valence-corrected chi connectivity index (χ2v) is 8.10. The predicted molar refractivity (Wildman–Crippen MR) is 125 cm³/mol. The molecule has 0 aliphatic carbocycles. The Morgan fingerprint density at radius 3 is 2.72 bits per heavy atom. The summed E-state index contributed by atoms with van der Waals surface area (Å²) in [5.41, 5.74) is 2.89. The number of nitrogens with zero attached hydrogens (tertiary/aromatic N) is 1. The van der Waals surface area contributed by atoms with E-state index in [1.807, 2.05) is 25.1 Å². The average Bonchev–Trinajstić information content (AvgIpc) is 2.79. The summed E-state index contributed by atoms with van der Waals surface area (Å²) in [5.74, 6) is 0.417. The molecule has 7 nitrogen and oxygen atoms in total. The largest absolute Gasteiger partial charge is 0.497 e. The summed E-state index contributed by atoms with van der Waals surface area (Å²) in [6.45, 7) is 4.63. The van der Waals surface area contributed by atoms with Gasteiger partial charge in [-0.1, -0.05) is 11.6 Å². The van der Waals surface area contributed by atoms with Gasteiger partial charge in [0.2, 0.25) is 5.91 Å². The van der Waals surface area contributed by atoms with Gasteiger partial charge in [0.1, 0.15) is 11.3 Å². The Hall–Kier alpha value is -3.03. The number of halogens is 1. The van der Waals surface area contributed by atoms with E-state index >= 15 is 0 Å². The van der Waals surface area contributed by atoms with Gasteiger partial charge < -0.3 is 24.1 Å². The van der Waals surface area contributed by atoms with Gasteiger partial charge in [-0.2, -0.15) is 0 Å². The molecule has 0 spiro atoms. The number of ether oxygens (including phenoxy) is 2. The van der Waals surface area contributed by atoms with Gasteiger partial charge in [0.05, 0.1) is 31.7 Å². The molecule has 0 saturated carbocycles. The summed E-state index contributed by atoms with van der Waals surface area (Å²) in [4.78, 5) is 27.5. The molecule has 0 unspecified atom stereocenters. The van der Waals surface area contributed by atoms with Crippen LogP contribution in [0.25, 0.3) is 11.0 Å². The van der Waals surface area contributed by atoms with Crippen LogP contribution in [-0.2, 0) is 16.0 Å². The maximum absolute atomic E-state index is 12.8. The SMILES string of the molecule is COc1ccc2c(C)c(CCC(=O)Nc3cc(Cl)ccc3N3CCOCC3)c(=O)oc2c1. The molecule has 1 amide bonds. The first kappa shape index (κ1) is 22.2. The number of nitrogens with one attached hydrogen (secondary N) is 1. The van der Waals surface area contributed by atoms with Crippen molar-refractivity contribution >= 4 is 39.9 Å². The molecule has 0 atom stereocenters. The number of hydrogen-bond acceptors (Lipinski definition) is 6. The molecular weight excluding hydrogens is 432 g/mol. The van der Waals surface area contributed by atoms with Gasteiger partial charge in [0.25, 0.3) is 0 Å². The Labute approximate surface area is 190 Å². The lowest BCUT2D eigenvalue weighted by molar-refractivity contribution is -0.116. The molecule has 3 aromatic rings. The van der Waals surface area contributed by atoms with Crippen molar-refractivity contribution in [2.75, 3.05) is 43.6 Å². The van der Waals surface area contributed by atoms with Crippen LogP contribution in [0.2, 0.25) is 5.02 Å². The third-order valence-corrected chi connectivity index (χ3v) is 5.92. The van der Waals surface area contributed by atoms with Crippen LogP contribution < -0.4 is 20.6 Å². The number of methoxy groups -OCH3 is 1. The minimum atomic E-state index is -0.437. The van der Waals surface area contributed by atoms with Gasteiger partial charge in [-0.15, -0.1) is 0 Å². The van der Waals surface area contributed by atoms with E-state index in [0.29, 0.717) is 40.8 Å². The van der Waals surface area contributed by atoms with Gasteiger partial charge in [0, 0.05) is 41.5 Å². The lowest BCUT2D eigenvalue weighted by Crippen LogP contribution is -2.36. The lowest BCUT2D eigenvalue weighted by Gasteiger charge is -2.30. The van der Waals surface area contributed by atoms with Crippen molar-refractivity contribution in [3.8, 4) is 5.75 Å². The Morgan fingerprint density at radius 1 is 1.19 bits per heavy atom. The van der Waals surface area contributed by atoms with E-state index < -0.39 is 5.63 Å². The van der Waals surface area contributed by atoms with Crippen LogP contribution in [0.5, 0.6) is 5.75 Å². The molecule has 168 valence electrons. The Kier molecular flexibility index (Phi) is 6.67. The maximum Gasteiger partial charge on any atom is 0.339 e. The average molecular weight is 457 g/mol. The predicted octanol–water partition coefficient (Wildman–Crippen LogP) is 4.17. The van der Waals surface area contributed by atoms with E-state index in [4.69, 9.17) is 25.5 Å². The highest BCUT2D eigenvalue weighted by Gasteiger charge is 2.18. The normalized spacial score (nSPS) is 13.9. The third-order valence-electron chi connectivity index (χ3n) is 5.68. The number of aryl methyl sites for hydroxylation is 1. The number of amides is 1. The molecule has 1 aromatic heterocycles. The number of hydrogen-bond donors (Lipinski definition) is 1. The zero-order valence-electron chi connectivity index (χ0n) is 18.1. The van der Waals surface area contributed by atoms with Gasteiger partial charge in [-0.05, 0) is 49.2 Å². The summed E-state index contributed by atoms with van der Waals surface area (Å²) < 4.78 is 16.1. The number of carbonyl (C=O) groups excluding carboxylic acids is 1. The van der Waals surface area contributed by atoms with Crippen LogP contribution in [0, 0.1) is 6.92 Å². The number of anilines is 2. The molecular formula is C24H25ClN2O5. The molecule has 1 aliphatic rings. The Balaban J connectivity index is 1.51. The molecule has 32 heavy (non-hydrogen) atoms. The molecule has 1 N–H and O–H groups in total. The standard InChI is InChI=1S/C24H25ClN2O5/c1-15-18-5-4-17(30-2)14-22(18)32-24(29)19(15)6-8-23(28)26-20-13-16(25)3-7-21(20)27-9-11-31-12-10-27/h3-5,7,13-14H,6,8-12H2,1-2H3,(H,26,28). The van der Waals surface area contributed by atoms with E-state index in [-0.39, 0.29) is 18.7 Å². The fourth-order valence-electron chi connectivity index (χ4n) is 3.93. The van der Waals surface area contributed by atoms with Crippen molar-refractivity contribution in [1.29, 1.82) is 0 Å². The molecule has 8 heteroatoms. The Morgan fingerprint density at radius 2 is 1.97 bits per heavy atom. The smallest absolute Gasteiger partial charge is 0.339 e. The number of morpholine rings is 1. The molecule has 2 heterocycles. The fourth-order valence-corrected chi connectivity index (χ4v) is 4.10. The van der Waals surface area contributed by atoms with Crippen LogP contribution in [-0.4, -0.2) is 39.3 Å². The summed E-state index contributed by atoms with van der Waals surface area (Å²) in [5, 5.41) is 4.32. The van der Waals surface area contributed by atoms with Crippen LogP contribution >= 0.6 is 11.6 Å². The van der Waals surface area contributed by atoms with Crippen LogP contribution in [0.3, 0.4) is 0 Å². The summed E-state index contributed by atoms with van der Waals surface area (Å²) in [7, 11) is 1.56. The van der Waals surface area contributed by atoms with Crippen molar-refractivity contribution in [3.05, 3.63) is 63.0 Å². The quantitative estimate of drug-likeness (QED) is 0.561. The van der Waals surface area contributed by atoms with Crippen LogP contribution in [0.15, 0.2) is 45.6 Å². The number of fused-ring (bicyclic) bond motifs is 1. The van der Waals surface area contributed by atoms with E-state index in [0.717, 1.165) is 29.7 Å². The number of benzene rings is 2. The molecule has 1 saturated heterocycles. The van der Waals surface area contributed by atoms with Crippen molar-refractivity contribution in [3.63, 3.8) is 0 Å². The summed E-state index contributed by atoms with van der Waals surface area (Å²) >= 11 is 6.17. The van der Waals surface area contributed by atoms with Crippen molar-refractivity contribution in [2.45, 2.75) is 19.8 Å². The maximum atomic E-state index is 12.8. The van der Waals surface area contributed by atoms with Gasteiger partial charge in [0.15, 0.2) is 0 Å². The zero-order chi connectivity index (χ0) is 22.7. The topological polar surface area (TPSA) is 81.0 Å². The highest BCUT2D eigenvalue weighted by atomic mass is 35.5. The molecule has 2 aromatic carbocycles. The zero-order valence-corrected chi connectivity index (χ0v) is 18.8. The minimum absolute atomic E-state index is 0.141. The van der Waals surface area contributed by atoms with Crippen LogP contribution in [0.1, 0.15) is 17.5 Å². The molecule has 1 fully saturated rings. The first-order valence-electron chi connectivity index (χ1n) is 10.5.